The molecular formula is C47H58FN11O8. The summed E-state index contributed by atoms with van der Waals surface area (Å²) < 4.78 is 32.6. The van der Waals surface area contributed by atoms with Crippen LogP contribution in [-0.2, 0) is 25.6 Å². The number of nitriles is 1. The minimum Gasteiger partial charge on any atom is -0.492 e. The van der Waals surface area contributed by atoms with Crippen LogP contribution in [0.3, 0.4) is 0 Å². The van der Waals surface area contributed by atoms with E-state index in [1.54, 1.807) is 49.4 Å². The Bertz CT molecular complexity index is 2470. The zero-order valence-corrected chi connectivity index (χ0v) is 38.0. The van der Waals surface area contributed by atoms with Gasteiger partial charge < -0.3 is 57.6 Å². The summed E-state index contributed by atoms with van der Waals surface area (Å²) in [7, 11) is 1.38. The molecule has 4 bridgehead atoms. The van der Waals surface area contributed by atoms with Gasteiger partial charge in [0.05, 0.1) is 23.9 Å². The van der Waals surface area contributed by atoms with Gasteiger partial charge in [-0.1, -0.05) is 25.5 Å². The lowest BCUT2D eigenvalue weighted by atomic mass is 9.93. The fraction of sp³-hybridized carbons (Fsp3) is 0.404. The summed E-state index contributed by atoms with van der Waals surface area (Å²) in [5.41, 5.74) is 20.0. The van der Waals surface area contributed by atoms with Crippen LogP contribution >= 0.6 is 0 Å². The summed E-state index contributed by atoms with van der Waals surface area (Å²) in [4.78, 5) is 80.0. The highest BCUT2D eigenvalue weighted by Gasteiger charge is 2.36. The summed E-state index contributed by atoms with van der Waals surface area (Å²) in [6, 6.07) is 11.1. The number of rotatable bonds is 19. The molecule has 1 aromatic heterocycles. The van der Waals surface area contributed by atoms with Crippen molar-refractivity contribution in [1.29, 1.82) is 5.26 Å². The number of benzene rings is 3. The monoisotopic (exact) mass is 923 g/mol. The molecule has 1 aliphatic rings. The van der Waals surface area contributed by atoms with E-state index in [9.17, 15) is 28.4 Å². The first-order valence-corrected chi connectivity index (χ1v) is 22.0. The Labute approximate surface area is 388 Å². The van der Waals surface area contributed by atoms with Gasteiger partial charge in [0.2, 0.25) is 23.6 Å². The van der Waals surface area contributed by atoms with Gasteiger partial charge in [-0.05, 0) is 86.8 Å². The minimum atomic E-state index is -1.44. The van der Waals surface area contributed by atoms with E-state index in [-0.39, 0.29) is 80.6 Å². The first kappa shape index (κ1) is 50.8. The Morgan fingerprint density at radius 3 is 2.24 bits per heavy atom. The second-order valence-electron chi connectivity index (χ2n) is 15.7. The first-order chi connectivity index (χ1) is 32.2. The van der Waals surface area contributed by atoms with Crippen LogP contribution < -0.4 is 52.7 Å². The maximum Gasteiger partial charge on any atom is 0.255 e. The smallest absolute Gasteiger partial charge is 0.255 e. The predicted molar refractivity (Wildman–Crippen MR) is 246 cm³/mol. The van der Waals surface area contributed by atoms with Crippen LogP contribution in [-0.4, -0.2) is 116 Å². The van der Waals surface area contributed by atoms with E-state index in [4.69, 9.17) is 36.7 Å². The van der Waals surface area contributed by atoms with Crippen molar-refractivity contribution in [2.45, 2.75) is 70.6 Å². The van der Waals surface area contributed by atoms with E-state index in [1.165, 1.54) is 32.3 Å². The number of hydrogen-bond acceptors (Lipinski definition) is 14. The number of amides is 5. The number of carbonyl (C=O) groups is 5. The number of aryl methyl sites for hydroxylation is 1. The summed E-state index contributed by atoms with van der Waals surface area (Å²) in [5, 5.41) is 19.7. The Kier molecular flexibility index (Phi) is 18.5. The highest BCUT2D eigenvalue weighted by atomic mass is 19.1. The number of aromatic nitrogens is 2. The quantitative estimate of drug-likeness (QED) is 0.0523. The summed E-state index contributed by atoms with van der Waals surface area (Å²) in [5.74, 6) is -3.17. The van der Waals surface area contributed by atoms with Crippen LogP contribution in [0.25, 0.3) is 22.5 Å². The minimum absolute atomic E-state index is 0.0146. The molecule has 1 unspecified atom stereocenters. The summed E-state index contributed by atoms with van der Waals surface area (Å²) in [6.45, 7) is 5.61. The lowest BCUT2D eigenvalue weighted by molar-refractivity contribution is -0.141. The van der Waals surface area contributed by atoms with Gasteiger partial charge in [-0.15, -0.1) is 0 Å². The van der Waals surface area contributed by atoms with Gasteiger partial charge in [-0.3, -0.25) is 24.0 Å². The first-order valence-electron chi connectivity index (χ1n) is 22.0. The van der Waals surface area contributed by atoms with Gasteiger partial charge >= 0.3 is 0 Å². The Balaban J connectivity index is 1.53. The number of nitrogens with zero attached hydrogens (tertiary/aromatic N) is 4. The number of fused-ring (bicyclic) bond motifs is 5. The number of ether oxygens (including phenoxy) is 3. The molecule has 5 rings (SSSR count). The fourth-order valence-corrected chi connectivity index (χ4v) is 7.28. The third kappa shape index (κ3) is 13.0. The van der Waals surface area contributed by atoms with Crippen LogP contribution in [0.4, 0.5) is 4.39 Å². The van der Waals surface area contributed by atoms with Crippen LogP contribution in [0.15, 0.2) is 60.8 Å². The molecule has 0 saturated heterocycles. The molecule has 2 heterocycles. The zero-order valence-electron chi connectivity index (χ0n) is 38.0. The van der Waals surface area contributed by atoms with Crippen molar-refractivity contribution in [2.24, 2.45) is 17.2 Å². The van der Waals surface area contributed by atoms with E-state index >= 15 is 0 Å². The van der Waals surface area contributed by atoms with Gasteiger partial charge in [0.25, 0.3) is 5.91 Å². The van der Waals surface area contributed by atoms with E-state index in [1.807, 2.05) is 13.0 Å². The zero-order chi connectivity index (χ0) is 48.6. The number of nitrogens with two attached hydrogens (primary N) is 3. The standard InChI is InChI=1S/C47H58FN11O8/c1-5-6-19-65-40-12-9-31(25-35(40)48)42-54-26-34(27(2)55-42)44(61)57-36(13-14-49)47(64)59(4)41-30-8-11-39(67-21-17-52)33(24-30)32-22-29(7-10-38(32)66-20-16-51)23-37(45(62)53-18-15-50)58-43(60)28(3)56-46(41)63/h7-12,22,24-26,28,36-37,41H,5-6,13-14,16-21,23,49,51-52H2,1-4H3,(H,53,62)(H,56,63)(H,57,61)(H,58,60)/t28-,36?,37-,41-/m0/s1. The molecule has 10 N–H and O–H groups in total. The van der Waals surface area contributed by atoms with Crippen LogP contribution in [0.2, 0.25) is 0 Å². The molecule has 0 radical (unpaired) electrons. The largest absolute Gasteiger partial charge is 0.492 e. The van der Waals surface area contributed by atoms with Crippen molar-refractivity contribution in [1.82, 2.24) is 36.1 Å². The van der Waals surface area contributed by atoms with Gasteiger partial charge in [-0.2, -0.15) is 5.26 Å². The predicted octanol–water partition coefficient (Wildman–Crippen LogP) is 1.94. The molecule has 4 aromatic rings. The topological polar surface area (TPSA) is 292 Å². The molecule has 0 saturated carbocycles. The highest BCUT2D eigenvalue weighted by molar-refractivity contribution is 6.00. The molecular weight excluding hydrogens is 866 g/mol. The van der Waals surface area contributed by atoms with Crippen molar-refractivity contribution < 1.29 is 42.6 Å². The van der Waals surface area contributed by atoms with Gasteiger partial charge in [0, 0.05) is 49.4 Å². The summed E-state index contributed by atoms with van der Waals surface area (Å²) in [6.07, 6.45) is 2.88. The summed E-state index contributed by atoms with van der Waals surface area (Å²) >= 11 is 0. The number of carbonyl (C=O) groups excluding carboxylic acids is 5. The van der Waals surface area contributed by atoms with Crippen LogP contribution in [0.5, 0.6) is 17.2 Å². The number of hydrogen-bond donors (Lipinski definition) is 7. The number of nitrogens with one attached hydrogen (secondary N) is 4. The lowest BCUT2D eigenvalue weighted by Gasteiger charge is -2.32. The highest BCUT2D eigenvalue weighted by Crippen LogP contribution is 2.40. The number of unbranched alkanes of at least 4 members (excludes halogenated alkanes) is 1. The molecule has 67 heavy (non-hydrogen) atoms. The molecule has 3 aromatic carbocycles. The van der Waals surface area contributed by atoms with Gasteiger partial charge in [0.1, 0.15) is 55.4 Å². The van der Waals surface area contributed by atoms with Crippen molar-refractivity contribution in [3.05, 3.63) is 89.0 Å². The van der Waals surface area contributed by atoms with E-state index in [0.717, 1.165) is 17.7 Å². The normalized spacial score (nSPS) is 16.3. The van der Waals surface area contributed by atoms with Gasteiger partial charge in [0.15, 0.2) is 17.4 Å². The molecule has 356 valence electrons. The van der Waals surface area contributed by atoms with E-state index in [0.29, 0.717) is 40.4 Å². The fourth-order valence-electron chi connectivity index (χ4n) is 7.28. The Morgan fingerprint density at radius 1 is 0.925 bits per heavy atom. The average Bonchev–Trinajstić information content (AvgIpc) is 3.31. The van der Waals surface area contributed by atoms with E-state index in [2.05, 4.69) is 31.2 Å². The van der Waals surface area contributed by atoms with Crippen molar-refractivity contribution in [2.75, 3.05) is 53.0 Å². The number of halogens is 1. The maximum atomic E-state index is 14.9. The van der Waals surface area contributed by atoms with Gasteiger partial charge in [-0.25, -0.2) is 14.4 Å². The third-order valence-corrected chi connectivity index (χ3v) is 10.8. The lowest BCUT2D eigenvalue weighted by Crippen LogP contribution is -2.56. The average molecular weight is 924 g/mol. The molecule has 0 fully saturated rings. The SMILES string of the molecule is CCCCOc1ccc(-c2ncc(C(=O)NC(CCN)C(=O)N(C)[C@@H]3C(=O)N[C@@H](C)C(=O)N[C@H](C(=O)NCC#N)Cc4ccc(OCCN)c(c4)-c4cc3ccc4OCCN)c(C)n2)cc1F. The van der Waals surface area contributed by atoms with Crippen molar-refractivity contribution in [3.8, 4) is 45.8 Å². The molecule has 5 amide bonds. The molecule has 4 atom stereocenters. The third-order valence-electron chi connectivity index (χ3n) is 10.8. The molecule has 0 spiro atoms. The Morgan fingerprint density at radius 2 is 1.60 bits per heavy atom. The Hall–Kier alpha value is -7.21. The molecule has 1 aliphatic heterocycles. The molecule has 20 heteroatoms. The second kappa shape index (κ2) is 24.4. The van der Waals surface area contributed by atoms with Crippen molar-refractivity contribution >= 4 is 29.5 Å². The van der Waals surface area contributed by atoms with E-state index < -0.39 is 59.5 Å². The molecule has 19 nitrogen and oxygen atoms in total. The second-order valence-corrected chi connectivity index (χ2v) is 15.7. The number of likely N-dealkylation sites (N-methyl/N-ethyl adjacent to an activating group) is 1. The maximum absolute atomic E-state index is 14.9. The van der Waals surface area contributed by atoms with Crippen molar-refractivity contribution in [3.63, 3.8) is 0 Å². The van der Waals surface area contributed by atoms with Crippen LogP contribution in [0, 0.1) is 24.1 Å². The molecule has 0 aliphatic carbocycles. The van der Waals surface area contributed by atoms with Crippen LogP contribution in [0.1, 0.15) is 66.3 Å².